The van der Waals surface area contributed by atoms with Crippen molar-refractivity contribution >= 4 is 17.8 Å². The number of nitrogens with one attached hydrogen (secondary N) is 1. The Balaban J connectivity index is 2.21. The van der Waals surface area contributed by atoms with Crippen LogP contribution in [0.15, 0.2) is 0 Å². The van der Waals surface area contributed by atoms with Gasteiger partial charge in [-0.2, -0.15) is 0 Å². The third-order valence-corrected chi connectivity index (χ3v) is 3.75. The number of amides is 2. The SMILES string of the molecule is CC(C)C(=O)NC1CCN(C(=O)CCCCC(=O)O)CC1. The van der Waals surface area contributed by atoms with E-state index in [1.807, 2.05) is 18.7 Å². The van der Waals surface area contributed by atoms with E-state index >= 15 is 0 Å². The van der Waals surface area contributed by atoms with Crippen molar-refractivity contribution in [1.29, 1.82) is 0 Å². The molecule has 0 unspecified atom stereocenters. The number of carboxylic acids is 1. The van der Waals surface area contributed by atoms with Crippen LogP contribution in [0.2, 0.25) is 0 Å². The molecule has 0 aromatic heterocycles. The molecule has 0 aliphatic carbocycles. The van der Waals surface area contributed by atoms with Crippen molar-refractivity contribution in [3.8, 4) is 0 Å². The first kappa shape index (κ1) is 17.5. The van der Waals surface area contributed by atoms with Gasteiger partial charge in [-0.3, -0.25) is 14.4 Å². The molecule has 0 atom stereocenters. The molecule has 1 aliphatic heterocycles. The molecule has 6 nitrogen and oxygen atoms in total. The molecule has 0 aromatic rings. The molecular weight excluding hydrogens is 272 g/mol. The van der Waals surface area contributed by atoms with E-state index in [0.29, 0.717) is 32.4 Å². The summed E-state index contributed by atoms with van der Waals surface area (Å²) in [6.07, 6.45) is 3.28. The lowest BCUT2D eigenvalue weighted by Gasteiger charge is -2.32. The number of rotatable bonds is 7. The molecule has 0 radical (unpaired) electrons. The minimum Gasteiger partial charge on any atom is -0.481 e. The first-order valence-corrected chi connectivity index (χ1v) is 7.70. The van der Waals surface area contributed by atoms with E-state index in [1.165, 1.54) is 0 Å². The predicted molar refractivity (Wildman–Crippen MR) is 78.7 cm³/mol. The third kappa shape index (κ3) is 6.60. The van der Waals surface area contributed by atoms with E-state index < -0.39 is 5.97 Å². The van der Waals surface area contributed by atoms with Crippen LogP contribution in [0.1, 0.15) is 52.4 Å². The summed E-state index contributed by atoms with van der Waals surface area (Å²) in [4.78, 5) is 35.8. The van der Waals surface area contributed by atoms with Crippen molar-refractivity contribution in [1.82, 2.24) is 10.2 Å². The highest BCUT2D eigenvalue weighted by Crippen LogP contribution is 2.13. The Morgan fingerprint density at radius 3 is 2.24 bits per heavy atom. The minimum absolute atomic E-state index is 0.0149. The van der Waals surface area contributed by atoms with E-state index in [9.17, 15) is 14.4 Å². The van der Waals surface area contributed by atoms with Crippen LogP contribution >= 0.6 is 0 Å². The molecule has 120 valence electrons. The van der Waals surface area contributed by atoms with Gasteiger partial charge in [-0.05, 0) is 25.7 Å². The highest BCUT2D eigenvalue weighted by Gasteiger charge is 2.24. The number of nitrogens with zero attached hydrogens (tertiary/aromatic N) is 1. The maximum atomic E-state index is 12.0. The molecule has 6 heteroatoms. The van der Waals surface area contributed by atoms with E-state index in [0.717, 1.165) is 12.8 Å². The molecule has 1 aliphatic rings. The van der Waals surface area contributed by atoms with Crippen molar-refractivity contribution in [3.63, 3.8) is 0 Å². The minimum atomic E-state index is -0.816. The van der Waals surface area contributed by atoms with E-state index in [2.05, 4.69) is 5.32 Å². The van der Waals surface area contributed by atoms with Gasteiger partial charge in [0.1, 0.15) is 0 Å². The number of likely N-dealkylation sites (tertiary alicyclic amines) is 1. The molecule has 1 saturated heterocycles. The Morgan fingerprint density at radius 2 is 1.71 bits per heavy atom. The average Bonchev–Trinajstić information content (AvgIpc) is 2.43. The normalized spacial score (nSPS) is 16.0. The van der Waals surface area contributed by atoms with E-state index in [-0.39, 0.29) is 30.2 Å². The zero-order valence-electron chi connectivity index (χ0n) is 12.9. The monoisotopic (exact) mass is 298 g/mol. The van der Waals surface area contributed by atoms with Gasteiger partial charge in [0.25, 0.3) is 0 Å². The Morgan fingerprint density at radius 1 is 1.14 bits per heavy atom. The van der Waals surface area contributed by atoms with Gasteiger partial charge in [0.2, 0.25) is 11.8 Å². The summed E-state index contributed by atoms with van der Waals surface area (Å²) in [5, 5.41) is 11.5. The Kier molecular flexibility index (Phi) is 7.19. The summed E-state index contributed by atoms with van der Waals surface area (Å²) in [7, 11) is 0. The summed E-state index contributed by atoms with van der Waals surface area (Å²) in [5.74, 6) is -0.675. The molecule has 1 fully saturated rings. The van der Waals surface area contributed by atoms with Crippen LogP contribution in [0.5, 0.6) is 0 Å². The number of carboxylic acid groups (broad SMARTS) is 1. The quantitative estimate of drug-likeness (QED) is 0.695. The van der Waals surface area contributed by atoms with Crippen LogP contribution < -0.4 is 5.32 Å². The molecule has 2 amide bonds. The first-order valence-electron chi connectivity index (χ1n) is 7.70. The van der Waals surface area contributed by atoms with Crippen molar-refractivity contribution in [3.05, 3.63) is 0 Å². The molecule has 0 aromatic carbocycles. The lowest BCUT2D eigenvalue weighted by Crippen LogP contribution is -2.47. The fourth-order valence-corrected chi connectivity index (χ4v) is 2.35. The summed E-state index contributed by atoms with van der Waals surface area (Å²) in [6, 6.07) is 0.163. The van der Waals surface area contributed by atoms with E-state index in [1.54, 1.807) is 0 Å². The van der Waals surface area contributed by atoms with Gasteiger partial charge in [-0.1, -0.05) is 13.8 Å². The molecule has 0 spiro atoms. The fourth-order valence-electron chi connectivity index (χ4n) is 2.35. The number of carbonyl (C=O) groups excluding carboxylic acids is 2. The highest BCUT2D eigenvalue weighted by molar-refractivity contribution is 5.78. The molecule has 21 heavy (non-hydrogen) atoms. The molecular formula is C15H26N2O4. The fraction of sp³-hybridized carbons (Fsp3) is 0.800. The van der Waals surface area contributed by atoms with Crippen LogP contribution in [-0.4, -0.2) is 46.9 Å². The van der Waals surface area contributed by atoms with E-state index in [4.69, 9.17) is 5.11 Å². The number of unbranched alkanes of at least 4 members (excludes halogenated alkanes) is 1. The van der Waals surface area contributed by atoms with Gasteiger partial charge >= 0.3 is 5.97 Å². The number of hydrogen-bond donors (Lipinski definition) is 2. The molecule has 0 bridgehead atoms. The van der Waals surface area contributed by atoms with Crippen molar-refractivity contribution in [2.75, 3.05) is 13.1 Å². The largest absolute Gasteiger partial charge is 0.481 e. The highest BCUT2D eigenvalue weighted by atomic mass is 16.4. The van der Waals surface area contributed by atoms with Gasteiger partial charge in [0.15, 0.2) is 0 Å². The number of aliphatic carboxylic acids is 1. The summed E-state index contributed by atoms with van der Waals surface area (Å²) in [6.45, 7) is 5.07. The second-order valence-corrected chi connectivity index (χ2v) is 5.92. The van der Waals surface area contributed by atoms with Crippen molar-refractivity contribution in [2.45, 2.75) is 58.4 Å². The molecule has 2 N–H and O–H groups in total. The molecule has 1 rings (SSSR count). The van der Waals surface area contributed by atoms with Gasteiger partial charge in [-0.25, -0.2) is 0 Å². The predicted octanol–water partition coefficient (Wildman–Crippen LogP) is 1.39. The maximum absolute atomic E-state index is 12.0. The second kappa shape index (κ2) is 8.64. The first-order chi connectivity index (χ1) is 9.90. The Bertz CT molecular complexity index is 374. The lowest BCUT2D eigenvalue weighted by molar-refractivity contribution is -0.138. The van der Waals surface area contributed by atoms with Gasteiger partial charge in [0, 0.05) is 37.9 Å². The summed E-state index contributed by atoms with van der Waals surface area (Å²) >= 11 is 0. The number of piperidine rings is 1. The van der Waals surface area contributed by atoms with Crippen LogP contribution in [0.3, 0.4) is 0 Å². The zero-order chi connectivity index (χ0) is 15.8. The van der Waals surface area contributed by atoms with Crippen molar-refractivity contribution in [2.24, 2.45) is 5.92 Å². The maximum Gasteiger partial charge on any atom is 0.303 e. The van der Waals surface area contributed by atoms with Gasteiger partial charge in [-0.15, -0.1) is 0 Å². The van der Waals surface area contributed by atoms with Crippen LogP contribution in [0, 0.1) is 5.92 Å². The summed E-state index contributed by atoms with van der Waals surface area (Å²) in [5.41, 5.74) is 0. The van der Waals surface area contributed by atoms with Crippen LogP contribution in [-0.2, 0) is 14.4 Å². The molecule has 0 saturated carbocycles. The smallest absolute Gasteiger partial charge is 0.303 e. The van der Waals surface area contributed by atoms with Crippen LogP contribution in [0.4, 0.5) is 0 Å². The standard InChI is InChI=1S/C15H26N2O4/c1-11(2)15(21)16-12-7-9-17(10-8-12)13(18)5-3-4-6-14(19)20/h11-12H,3-10H2,1-2H3,(H,16,21)(H,19,20). The van der Waals surface area contributed by atoms with Crippen molar-refractivity contribution < 1.29 is 19.5 Å². The second-order valence-electron chi connectivity index (χ2n) is 5.92. The Labute approximate surface area is 125 Å². The zero-order valence-corrected chi connectivity index (χ0v) is 12.9. The molecule has 1 heterocycles. The van der Waals surface area contributed by atoms with Crippen LogP contribution in [0.25, 0.3) is 0 Å². The lowest BCUT2D eigenvalue weighted by atomic mass is 10.0. The summed E-state index contributed by atoms with van der Waals surface area (Å²) < 4.78 is 0. The number of carbonyl (C=O) groups is 3. The topological polar surface area (TPSA) is 86.7 Å². The third-order valence-electron chi connectivity index (χ3n) is 3.75. The average molecular weight is 298 g/mol. The Hall–Kier alpha value is -1.59. The number of hydrogen-bond acceptors (Lipinski definition) is 3. The van der Waals surface area contributed by atoms with Gasteiger partial charge < -0.3 is 15.3 Å². The van der Waals surface area contributed by atoms with Gasteiger partial charge in [0.05, 0.1) is 0 Å².